The number of carboxylic acids is 1. The molecular formula is C14H13F2NO2. The van der Waals surface area contributed by atoms with Gasteiger partial charge in [0.15, 0.2) is 0 Å². The van der Waals surface area contributed by atoms with Gasteiger partial charge in [-0.2, -0.15) is 0 Å². The zero-order valence-electron chi connectivity index (χ0n) is 10.3. The van der Waals surface area contributed by atoms with Crippen molar-refractivity contribution in [3.8, 4) is 0 Å². The molecule has 0 aliphatic rings. The van der Waals surface area contributed by atoms with Gasteiger partial charge in [0, 0.05) is 18.1 Å². The summed E-state index contributed by atoms with van der Waals surface area (Å²) < 4.78 is 24.9. The molecule has 1 N–H and O–H groups in total. The van der Waals surface area contributed by atoms with E-state index in [4.69, 9.17) is 5.11 Å². The lowest BCUT2D eigenvalue weighted by Crippen LogP contribution is -2.24. The summed E-state index contributed by atoms with van der Waals surface area (Å²) in [4.78, 5) is 12.6. The first-order valence-corrected chi connectivity index (χ1v) is 5.75. The molecule has 0 spiro atoms. The molecule has 0 aromatic heterocycles. The number of hydrogen-bond acceptors (Lipinski definition) is 2. The SMILES string of the molecule is CN(CC(F)F)c1ccc(C(=O)O)c2ccccc12. The molecule has 0 aliphatic carbocycles. The van der Waals surface area contributed by atoms with Crippen molar-refractivity contribution in [2.24, 2.45) is 0 Å². The maximum atomic E-state index is 12.4. The highest BCUT2D eigenvalue weighted by Gasteiger charge is 2.15. The van der Waals surface area contributed by atoms with E-state index in [1.165, 1.54) is 11.0 Å². The van der Waals surface area contributed by atoms with E-state index in [0.717, 1.165) is 0 Å². The molecule has 19 heavy (non-hydrogen) atoms. The number of hydrogen-bond donors (Lipinski definition) is 1. The van der Waals surface area contributed by atoms with Crippen LogP contribution in [0.3, 0.4) is 0 Å². The van der Waals surface area contributed by atoms with Gasteiger partial charge in [0.2, 0.25) is 0 Å². The Morgan fingerprint density at radius 2 is 1.84 bits per heavy atom. The number of nitrogens with zero attached hydrogens (tertiary/aromatic N) is 1. The van der Waals surface area contributed by atoms with Gasteiger partial charge in [0.25, 0.3) is 6.43 Å². The number of carbonyl (C=O) groups is 1. The van der Waals surface area contributed by atoms with E-state index < -0.39 is 18.9 Å². The molecule has 0 bridgehead atoms. The second-order valence-electron chi connectivity index (χ2n) is 4.25. The predicted molar refractivity (Wildman–Crippen MR) is 70.2 cm³/mol. The molecule has 0 saturated heterocycles. The fourth-order valence-electron chi connectivity index (χ4n) is 2.11. The number of halogens is 2. The van der Waals surface area contributed by atoms with Gasteiger partial charge in [-0.25, -0.2) is 13.6 Å². The molecule has 5 heteroatoms. The third-order valence-corrected chi connectivity index (χ3v) is 2.95. The van der Waals surface area contributed by atoms with Gasteiger partial charge in [0.1, 0.15) is 0 Å². The molecule has 0 amide bonds. The lowest BCUT2D eigenvalue weighted by Gasteiger charge is -2.21. The number of aromatic carboxylic acids is 1. The first-order chi connectivity index (χ1) is 9.00. The van der Waals surface area contributed by atoms with Crippen LogP contribution in [-0.4, -0.2) is 31.1 Å². The Bertz CT molecular complexity index is 613. The maximum Gasteiger partial charge on any atom is 0.336 e. The van der Waals surface area contributed by atoms with E-state index in [1.54, 1.807) is 37.4 Å². The van der Waals surface area contributed by atoms with Crippen LogP contribution >= 0.6 is 0 Å². The van der Waals surface area contributed by atoms with E-state index in [2.05, 4.69) is 0 Å². The zero-order chi connectivity index (χ0) is 14.0. The molecule has 0 unspecified atom stereocenters. The van der Waals surface area contributed by atoms with E-state index in [9.17, 15) is 13.6 Å². The predicted octanol–water partition coefficient (Wildman–Crippen LogP) is 3.24. The van der Waals surface area contributed by atoms with Gasteiger partial charge in [-0.3, -0.25) is 0 Å². The van der Waals surface area contributed by atoms with Crippen molar-refractivity contribution >= 4 is 22.4 Å². The maximum absolute atomic E-state index is 12.4. The number of anilines is 1. The second-order valence-corrected chi connectivity index (χ2v) is 4.25. The van der Waals surface area contributed by atoms with Crippen LogP contribution in [0.5, 0.6) is 0 Å². The summed E-state index contributed by atoms with van der Waals surface area (Å²) in [6, 6.07) is 9.91. The van der Waals surface area contributed by atoms with E-state index in [-0.39, 0.29) is 5.56 Å². The molecular weight excluding hydrogens is 252 g/mol. The fraction of sp³-hybridized carbons (Fsp3) is 0.214. The van der Waals surface area contributed by atoms with Crippen LogP contribution in [0.4, 0.5) is 14.5 Å². The summed E-state index contributed by atoms with van der Waals surface area (Å²) in [7, 11) is 1.56. The standard InChI is InChI=1S/C14H13F2NO2/c1-17(8-13(15)16)12-7-6-11(14(18)19)9-4-2-3-5-10(9)12/h2-7,13H,8H2,1H3,(H,18,19). The highest BCUT2D eigenvalue weighted by Crippen LogP contribution is 2.29. The highest BCUT2D eigenvalue weighted by molar-refractivity contribution is 6.07. The largest absolute Gasteiger partial charge is 0.478 e. The van der Waals surface area contributed by atoms with Crippen molar-refractivity contribution in [3.05, 3.63) is 42.0 Å². The van der Waals surface area contributed by atoms with E-state index >= 15 is 0 Å². The summed E-state index contributed by atoms with van der Waals surface area (Å²) >= 11 is 0. The van der Waals surface area contributed by atoms with Crippen molar-refractivity contribution in [1.82, 2.24) is 0 Å². The Morgan fingerprint density at radius 3 is 2.42 bits per heavy atom. The number of fused-ring (bicyclic) bond motifs is 1. The zero-order valence-corrected chi connectivity index (χ0v) is 10.3. The number of alkyl halides is 2. The monoisotopic (exact) mass is 265 g/mol. The Hall–Kier alpha value is -2.17. The van der Waals surface area contributed by atoms with Crippen molar-refractivity contribution in [2.75, 3.05) is 18.5 Å². The summed E-state index contributed by atoms with van der Waals surface area (Å²) in [5.74, 6) is -1.03. The first kappa shape index (κ1) is 13.3. The number of benzene rings is 2. The van der Waals surface area contributed by atoms with Gasteiger partial charge in [-0.05, 0) is 17.5 Å². The van der Waals surface area contributed by atoms with E-state index in [0.29, 0.717) is 16.5 Å². The molecule has 0 saturated carbocycles. The Balaban J connectivity index is 2.58. The van der Waals surface area contributed by atoms with Crippen LogP contribution in [0, 0.1) is 0 Å². The van der Waals surface area contributed by atoms with Crippen LogP contribution in [-0.2, 0) is 0 Å². The van der Waals surface area contributed by atoms with Crippen LogP contribution in [0.15, 0.2) is 36.4 Å². The van der Waals surface area contributed by atoms with E-state index in [1.807, 2.05) is 0 Å². The molecule has 0 aliphatic heterocycles. The minimum atomic E-state index is -2.44. The summed E-state index contributed by atoms with van der Waals surface area (Å²) in [5.41, 5.74) is 0.769. The molecule has 0 radical (unpaired) electrons. The van der Waals surface area contributed by atoms with Gasteiger partial charge in [-0.1, -0.05) is 24.3 Å². The summed E-state index contributed by atoms with van der Waals surface area (Å²) in [6.07, 6.45) is -2.44. The van der Waals surface area contributed by atoms with Crippen molar-refractivity contribution in [1.29, 1.82) is 0 Å². The molecule has 100 valence electrons. The molecule has 2 rings (SSSR count). The third-order valence-electron chi connectivity index (χ3n) is 2.95. The number of rotatable bonds is 4. The number of carboxylic acid groups (broad SMARTS) is 1. The molecule has 3 nitrogen and oxygen atoms in total. The van der Waals surface area contributed by atoms with Crippen LogP contribution in [0.2, 0.25) is 0 Å². The van der Waals surface area contributed by atoms with Crippen molar-refractivity contribution in [2.45, 2.75) is 6.43 Å². The molecule has 2 aromatic carbocycles. The molecule has 0 atom stereocenters. The third kappa shape index (κ3) is 2.65. The normalized spacial score (nSPS) is 10.9. The molecule has 0 fully saturated rings. The van der Waals surface area contributed by atoms with Crippen LogP contribution in [0.25, 0.3) is 10.8 Å². The lowest BCUT2D eigenvalue weighted by atomic mass is 10.0. The van der Waals surface area contributed by atoms with Crippen LogP contribution in [0.1, 0.15) is 10.4 Å². The average Bonchev–Trinajstić information content (AvgIpc) is 2.36. The Labute approximate surface area is 109 Å². The van der Waals surface area contributed by atoms with Crippen molar-refractivity contribution < 1.29 is 18.7 Å². The molecule has 0 heterocycles. The summed E-state index contributed by atoms with van der Waals surface area (Å²) in [5, 5.41) is 10.3. The van der Waals surface area contributed by atoms with Gasteiger partial charge >= 0.3 is 5.97 Å². The van der Waals surface area contributed by atoms with Gasteiger partial charge < -0.3 is 10.0 Å². The Morgan fingerprint density at radius 1 is 1.21 bits per heavy atom. The quantitative estimate of drug-likeness (QED) is 0.922. The smallest absolute Gasteiger partial charge is 0.336 e. The van der Waals surface area contributed by atoms with Crippen LogP contribution < -0.4 is 4.90 Å². The fourth-order valence-corrected chi connectivity index (χ4v) is 2.11. The highest BCUT2D eigenvalue weighted by atomic mass is 19.3. The average molecular weight is 265 g/mol. The lowest BCUT2D eigenvalue weighted by molar-refractivity contribution is 0.0699. The van der Waals surface area contributed by atoms with Crippen molar-refractivity contribution in [3.63, 3.8) is 0 Å². The minimum absolute atomic E-state index is 0.171. The summed E-state index contributed by atoms with van der Waals surface area (Å²) in [6.45, 7) is -0.392. The van der Waals surface area contributed by atoms with Gasteiger partial charge in [0.05, 0.1) is 12.1 Å². The Kier molecular flexibility index (Phi) is 3.64. The molecule has 2 aromatic rings. The topological polar surface area (TPSA) is 40.5 Å². The van der Waals surface area contributed by atoms with Gasteiger partial charge in [-0.15, -0.1) is 0 Å². The first-order valence-electron chi connectivity index (χ1n) is 5.75. The minimum Gasteiger partial charge on any atom is -0.478 e. The second kappa shape index (κ2) is 5.22.